The SMILES string of the molecule is O=C1C=COS(=O)(=O)N1.[LiH]. The van der Waals surface area contributed by atoms with Crippen LogP contribution in [0.4, 0.5) is 0 Å². The Balaban J connectivity index is 0.000000810. The van der Waals surface area contributed by atoms with Gasteiger partial charge in [0.25, 0.3) is 5.91 Å². The first-order valence-electron chi connectivity index (χ1n) is 2.02. The summed E-state index contributed by atoms with van der Waals surface area (Å²) in [6.07, 6.45) is 1.79. The van der Waals surface area contributed by atoms with Gasteiger partial charge >= 0.3 is 29.2 Å². The molecule has 0 saturated carbocycles. The van der Waals surface area contributed by atoms with Gasteiger partial charge in [0.15, 0.2) is 0 Å². The molecular formula is C3H4LiNO4S. The van der Waals surface area contributed by atoms with Crippen LogP contribution < -0.4 is 4.72 Å². The third-order valence-electron chi connectivity index (χ3n) is 0.627. The fourth-order valence-electron chi connectivity index (χ4n) is 0.344. The maximum absolute atomic E-state index is 10.3. The molecule has 1 heterocycles. The second kappa shape index (κ2) is 3.10. The first-order valence-corrected chi connectivity index (χ1v) is 3.42. The van der Waals surface area contributed by atoms with Gasteiger partial charge in [-0.3, -0.25) is 4.79 Å². The quantitative estimate of drug-likeness (QED) is 0.423. The number of hydrogen-bond acceptors (Lipinski definition) is 4. The van der Waals surface area contributed by atoms with Crippen LogP contribution in [0.15, 0.2) is 12.3 Å². The number of amides is 1. The Kier molecular flexibility index (Phi) is 2.96. The zero-order valence-corrected chi connectivity index (χ0v) is 5.01. The molecule has 1 rings (SSSR count). The molecule has 5 nitrogen and oxygen atoms in total. The zero-order chi connectivity index (χ0) is 6.91. The molecular weight excluding hydrogens is 153 g/mol. The molecule has 52 valence electrons. The van der Waals surface area contributed by atoms with E-state index in [9.17, 15) is 13.2 Å². The summed E-state index contributed by atoms with van der Waals surface area (Å²) in [7, 11) is -3.82. The van der Waals surface area contributed by atoms with Crippen LogP contribution in [0.1, 0.15) is 0 Å². The summed E-state index contributed by atoms with van der Waals surface area (Å²) in [6.45, 7) is 0. The van der Waals surface area contributed by atoms with Crippen LogP contribution in [0.5, 0.6) is 0 Å². The van der Waals surface area contributed by atoms with E-state index < -0.39 is 16.2 Å². The molecule has 0 bridgehead atoms. The predicted octanol–water partition coefficient (Wildman–Crippen LogP) is -1.76. The summed E-state index contributed by atoms with van der Waals surface area (Å²) in [5.41, 5.74) is 0. The average Bonchev–Trinajstić information content (AvgIpc) is 1.60. The first kappa shape index (κ1) is 9.56. The van der Waals surface area contributed by atoms with Crippen molar-refractivity contribution in [2.24, 2.45) is 0 Å². The molecule has 7 heteroatoms. The molecule has 0 atom stereocenters. The number of nitrogens with one attached hydrogen (secondary N) is 1. The third-order valence-corrected chi connectivity index (χ3v) is 1.44. The van der Waals surface area contributed by atoms with Crippen molar-refractivity contribution in [3.63, 3.8) is 0 Å². The Morgan fingerprint density at radius 2 is 2.10 bits per heavy atom. The van der Waals surface area contributed by atoms with Gasteiger partial charge in [0, 0.05) is 6.08 Å². The molecule has 0 fully saturated rings. The summed E-state index contributed by atoms with van der Waals surface area (Å²) < 4.78 is 26.1. The summed E-state index contributed by atoms with van der Waals surface area (Å²) in [5.74, 6) is -0.693. The van der Waals surface area contributed by atoms with Gasteiger partial charge in [0.2, 0.25) is 0 Å². The Labute approximate surface area is 69.9 Å². The van der Waals surface area contributed by atoms with E-state index in [2.05, 4.69) is 4.18 Å². The van der Waals surface area contributed by atoms with Crippen LogP contribution in [0.2, 0.25) is 0 Å². The zero-order valence-electron chi connectivity index (χ0n) is 4.20. The molecule has 0 radical (unpaired) electrons. The van der Waals surface area contributed by atoms with Crippen molar-refractivity contribution in [3.05, 3.63) is 12.3 Å². The predicted molar refractivity (Wildman–Crippen MR) is 34.4 cm³/mol. The summed E-state index contributed by atoms with van der Waals surface area (Å²) >= 11 is 0. The van der Waals surface area contributed by atoms with E-state index in [1.165, 1.54) is 0 Å². The van der Waals surface area contributed by atoms with Crippen LogP contribution >= 0.6 is 0 Å². The van der Waals surface area contributed by atoms with Gasteiger partial charge in [-0.1, -0.05) is 0 Å². The van der Waals surface area contributed by atoms with Gasteiger partial charge in [-0.15, -0.1) is 0 Å². The van der Waals surface area contributed by atoms with E-state index in [0.29, 0.717) is 0 Å². The average molecular weight is 157 g/mol. The van der Waals surface area contributed by atoms with Crippen LogP contribution in [0, 0.1) is 0 Å². The van der Waals surface area contributed by atoms with E-state index in [1.54, 1.807) is 4.72 Å². The van der Waals surface area contributed by atoms with Crippen molar-refractivity contribution in [2.45, 2.75) is 0 Å². The topological polar surface area (TPSA) is 72.5 Å². The normalized spacial score (nSPS) is 20.2. The van der Waals surface area contributed by atoms with Crippen molar-refractivity contribution >= 4 is 35.1 Å². The molecule has 10 heavy (non-hydrogen) atoms. The number of hydrogen-bond donors (Lipinski definition) is 1. The fourth-order valence-corrected chi connectivity index (χ4v) is 0.908. The molecule has 1 amide bonds. The fraction of sp³-hybridized carbons (Fsp3) is 0. The Hall–Kier alpha value is -0.443. The molecule has 1 aliphatic rings. The van der Waals surface area contributed by atoms with Crippen LogP contribution in [0.25, 0.3) is 0 Å². The minimum absolute atomic E-state index is 0. The van der Waals surface area contributed by atoms with E-state index >= 15 is 0 Å². The van der Waals surface area contributed by atoms with E-state index in [1.807, 2.05) is 0 Å². The Bertz CT molecular complexity index is 256. The molecule has 0 aromatic rings. The number of rotatable bonds is 0. The van der Waals surface area contributed by atoms with E-state index in [4.69, 9.17) is 0 Å². The standard InChI is InChI=1S/C3H3NO4S.Li.H/c5-3-1-2-8-9(6,7)4-3;;/h1-2H,(H,4,5);;. The Morgan fingerprint density at radius 1 is 1.50 bits per heavy atom. The summed E-state index contributed by atoms with van der Waals surface area (Å²) in [5, 5.41) is 0. The molecule has 0 spiro atoms. The summed E-state index contributed by atoms with van der Waals surface area (Å²) in [6, 6.07) is 0. The van der Waals surface area contributed by atoms with Crippen LogP contribution in [-0.2, 0) is 19.3 Å². The van der Waals surface area contributed by atoms with E-state index in [-0.39, 0.29) is 18.9 Å². The molecule has 0 aromatic carbocycles. The molecule has 0 aromatic heterocycles. The molecule has 0 saturated heterocycles. The second-order valence-electron chi connectivity index (χ2n) is 1.32. The number of carbonyl (C=O) groups is 1. The van der Waals surface area contributed by atoms with Gasteiger partial charge in [-0.25, -0.2) is 4.72 Å². The van der Waals surface area contributed by atoms with Crippen LogP contribution in [-0.4, -0.2) is 33.2 Å². The van der Waals surface area contributed by atoms with Crippen molar-refractivity contribution in [3.8, 4) is 0 Å². The monoisotopic (exact) mass is 157 g/mol. The van der Waals surface area contributed by atoms with Gasteiger partial charge < -0.3 is 4.18 Å². The van der Waals surface area contributed by atoms with Crippen molar-refractivity contribution < 1.29 is 17.4 Å². The second-order valence-corrected chi connectivity index (χ2v) is 2.62. The summed E-state index contributed by atoms with van der Waals surface area (Å²) in [4.78, 5) is 10.2. The molecule has 0 aliphatic carbocycles. The van der Waals surface area contributed by atoms with Gasteiger partial charge in [-0.2, -0.15) is 8.42 Å². The third kappa shape index (κ3) is 2.43. The molecule has 0 unspecified atom stereocenters. The van der Waals surface area contributed by atoms with Crippen LogP contribution in [0.3, 0.4) is 0 Å². The van der Waals surface area contributed by atoms with E-state index in [0.717, 1.165) is 12.3 Å². The van der Waals surface area contributed by atoms with Crippen molar-refractivity contribution in [1.82, 2.24) is 4.72 Å². The van der Waals surface area contributed by atoms with Gasteiger partial charge in [-0.05, 0) is 0 Å². The minimum atomic E-state index is -3.82. The molecule has 1 aliphatic heterocycles. The van der Waals surface area contributed by atoms with Crippen molar-refractivity contribution in [2.75, 3.05) is 0 Å². The van der Waals surface area contributed by atoms with Crippen molar-refractivity contribution in [1.29, 1.82) is 0 Å². The van der Waals surface area contributed by atoms with Gasteiger partial charge in [0.05, 0.1) is 0 Å². The molecule has 1 N–H and O–H groups in total. The first-order chi connectivity index (χ1) is 4.10. The Morgan fingerprint density at radius 3 is 2.40 bits per heavy atom. The number of carbonyl (C=O) groups excluding carboxylic acids is 1. The maximum atomic E-state index is 10.3. The van der Waals surface area contributed by atoms with Gasteiger partial charge in [0.1, 0.15) is 6.26 Å².